The van der Waals surface area contributed by atoms with Gasteiger partial charge in [-0.2, -0.15) is 0 Å². The predicted octanol–water partition coefficient (Wildman–Crippen LogP) is 3.74. The van der Waals surface area contributed by atoms with Crippen molar-refractivity contribution in [3.8, 4) is 11.5 Å². The fraction of sp³-hybridized carbons (Fsp3) is 0.571. The molecule has 0 amide bonds. The van der Waals surface area contributed by atoms with Gasteiger partial charge in [-0.25, -0.2) is 0 Å². The van der Waals surface area contributed by atoms with Crippen molar-refractivity contribution in [2.75, 3.05) is 14.2 Å². The van der Waals surface area contributed by atoms with Crippen molar-refractivity contribution in [1.82, 2.24) is 5.32 Å². The standard InChI is InChI=1S/C14H22BrNO2/c1-5-6-10(2)18-14-12(15)7-11(9-16-3)8-13(14)17-4/h7-8,10,16H,5-6,9H2,1-4H3. The van der Waals surface area contributed by atoms with Gasteiger partial charge in [0.25, 0.3) is 0 Å². The highest BCUT2D eigenvalue weighted by Crippen LogP contribution is 2.37. The van der Waals surface area contributed by atoms with E-state index in [1.807, 2.05) is 13.1 Å². The van der Waals surface area contributed by atoms with Crippen LogP contribution in [0.25, 0.3) is 0 Å². The first-order valence-electron chi connectivity index (χ1n) is 6.30. The summed E-state index contributed by atoms with van der Waals surface area (Å²) in [5.41, 5.74) is 1.16. The summed E-state index contributed by atoms with van der Waals surface area (Å²) >= 11 is 3.56. The number of ether oxygens (including phenoxy) is 2. The van der Waals surface area contributed by atoms with Crippen LogP contribution in [0.2, 0.25) is 0 Å². The summed E-state index contributed by atoms with van der Waals surface area (Å²) in [5, 5.41) is 3.13. The molecular formula is C14H22BrNO2. The number of halogens is 1. The largest absolute Gasteiger partial charge is 0.493 e. The number of benzene rings is 1. The van der Waals surface area contributed by atoms with Crippen molar-refractivity contribution >= 4 is 15.9 Å². The molecule has 0 spiro atoms. The van der Waals surface area contributed by atoms with Crippen LogP contribution in [0.15, 0.2) is 16.6 Å². The van der Waals surface area contributed by atoms with E-state index in [1.165, 1.54) is 0 Å². The molecule has 1 N–H and O–H groups in total. The first-order chi connectivity index (χ1) is 8.62. The molecule has 0 aromatic heterocycles. The van der Waals surface area contributed by atoms with E-state index in [0.717, 1.165) is 40.9 Å². The van der Waals surface area contributed by atoms with Crippen LogP contribution >= 0.6 is 15.9 Å². The summed E-state index contributed by atoms with van der Waals surface area (Å²) in [6.45, 7) is 5.04. The average Bonchev–Trinajstić information content (AvgIpc) is 2.33. The van der Waals surface area contributed by atoms with Crippen molar-refractivity contribution in [3.63, 3.8) is 0 Å². The Kier molecular flexibility index (Phi) is 6.50. The van der Waals surface area contributed by atoms with E-state index in [-0.39, 0.29) is 6.10 Å². The Balaban J connectivity index is 2.95. The lowest BCUT2D eigenvalue weighted by atomic mass is 10.2. The van der Waals surface area contributed by atoms with E-state index >= 15 is 0 Å². The zero-order chi connectivity index (χ0) is 13.5. The SMILES string of the molecule is CCCC(C)Oc1c(Br)cc(CNC)cc1OC. The molecule has 1 unspecified atom stereocenters. The fourth-order valence-electron chi connectivity index (χ4n) is 1.86. The van der Waals surface area contributed by atoms with Gasteiger partial charge in [0.2, 0.25) is 0 Å². The van der Waals surface area contributed by atoms with E-state index in [0.29, 0.717) is 0 Å². The summed E-state index contributed by atoms with van der Waals surface area (Å²) in [6.07, 6.45) is 2.34. The normalized spacial score (nSPS) is 12.3. The van der Waals surface area contributed by atoms with Crippen LogP contribution in [-0.4, -0.2) is 20.3 Å². The fourth-order valence-corrected chi connectivity index (χ4v) is 2.44. The van der Waals surface area contributed by atoms with Crippen LogP contribution in [0.5, 0.6) is 11.5 Å². The summed E-state index contributed by atoms with van der Waals surface area (Å²) in [6, 6.07) is 4.07. The van der Waals surface area contributed by atoms with Crippen LogP contribution in [-0.2, 0) is 6.54 Å². The van der Waals surface area contributed by atoms with Crippen LogP contribution in [0.3, 0.4) is 0 Å². The third kappa shape index (κ3) is 4.18. The van der Waals surface area contributed by atoms with Crippen LogP contribution < -0.4 is 14.8 Å². The lowest BCUT2D eigenvalue weighted by Gasteiger charge is -2.18. The summed E-state index contributed by atoms with van der Waals surface area (Å²) in [4.78, 5) is 0. The minimum atomic E-state index is 0.190. The maximum Gasteiger partial charge on any atom is 0.175 e. The topological polar surface area (TPSA) is 30.5 Å². The molecule has 102 valence electrons. The van der Waals surface area contributed by atoms with E-state index in [2.05, 4.69) is 41.2 Å². The molecule has 1 aromatic rings. The monoisotopic (exact) mass is 315 g/mol. The van der Waals surface area contributed by atoms with Crippen molar-refractivity contribution in [1.29, 1.82) is 0 Å². The van der Waals surface area contributed by atoms with E-state index in [1.54, 1.807) is 7.11 Å². The number of methoxy groups -OCH3 is 1. The maximum atomic E-state index is 5.95. The lowest BCUT2D eigenvalue weighted by Crippen LogP contribution is -2.13. The molecule has 0 fully saturated rings. The second-order valence-corrected chi connectivity index (χ2v) is 5.21. The van der Waals surface area contributed by atoms with Crippen LogP contribution in [0.1, 0.15) is 32.3 Å². The Labute approximate surface area is 118 Å². The van der Waals surface area contributed by atoms with Crippen molar-refractivity contribution in [3.05, 3.63) is 22.2 Å². The smallest absolute Gasteiger partial charge is 0.175 e. The molecule has 0 saturated heterocycles. The number of hydrogen-bond acceptors (Lipinski definition) is 3. The van der Waals surface area contributed by atoms with Gasteiger partial charge in [0.15, 0.2) is 11.5 Å². The second kappa shape index (κ2) is 7.64. The van der Waals surface area contributed by atoms with Gasteiger partial charge in [-0.3, -0.25) is 0 Å². The molecule has 1 atom stereocenters. The molecule has 1 rings (SSSR count). The summed E-state index contributed by atoms with van der Waals surface area (Å²) < 4.78 is 12.3. The molecule has 0 saturated carbocycles. The molecule has 3 nitrogen and oxygen atoms in total. The van der Waals surface area contributed by atoms with Gasteiger partial charge in [-0.15, -0.1) is 0 Å². The number of rotatable bonds is 7. The molecule has 0 aliphatic heterocycles. The van der Waals surface area contributed by atoms with Gasteiger partial charge in [0.1, 0.15) is 0 Å². The third-order valence-corrected chi connectivity index (χ3v) is 3.27. The Morgan fingerprint density at radius 2 is 2.11 bits per heavy atom. The minimum absolute atomic E-state index is 0.190. The predicted molar refractivity (Wildman–Crippen MR) is 78.5 cm³/mol. The van der Waals surface area contributed by atoms with Crippen molar-refractivity contribution in [2.45, 2.75) is 39.3 Å². The maximum absolute atomic E-state index is 5.95. The van der Waals surface area contributed by atoms with E-state index < -0.39 is 0 Å². The van der Waals surface area contributed by atoms with Gasteiger partial charge in [-0.1, -0.05) is 13.3 Å². The Morgan fingerprint density at radius 3 is 2.67 bits per heavy atom. The third-order valence-electron chi connectivity index (χ3n) is 2.68. The van der Waals surface area contributed by atoms with E-state index in [9.17, 15) is 0 Å². The Bertz CT molecular complexity index is 382. The van der Waals surface area contributed by atoms with Gasteiger partial charge < -0.3 is 14.8 Å². The molecule has 18 heavy (non-hydrogen) atoms. The number of hydrogen-bond donors (Lipinski definition) is 1. The Hall–Kier alpha value is -0.740. The molecular weight excluding hydrogens is 294 g/mol. The second-order valence-electron chi connectivity index (χ2n) is 4.36. The molecule has 4 heteroatoms. The first-order valence-corrected chi connectivity index (χ1v) is 7.09. The molecule has 0 radical (unpaired) electrons. The molecule has 1 aromatic carbocycles. The first kappa shape index (κ1) is 15.3. The number of nitrogens with one attached hydrogen (secondary N) is 1. The van der Waals surface area contributed by atoms with Gasteiger partial charge in [0.05, 0.1) is 17.7 Å². The van der Waals surface area contributed by atoms with Crippen molar-refractivity contribution < 1.29 is 9.47 Å². The lowest BCUT2D eigenvalue weighted by molar-refractivity contribution is 0.199. The average molecular weight is 316 g/mol. The molecule has 0 aliphatic rings. The highest BCUT2D eigenvalue weighted by atomic mass is 79.9. The Morgan fingerprint density at radius 1 is 1.39 bits per heavy atom. The highest BCUT2D eigenvalue weighted by molar-refractivity contribution is 9.10. The molecule has 0 heterocycles. The molecule has 0 bridgehead atoms. The summed E-state index contributed by atoms with van der Waals surface area (Å²) in [5.74, 6) is 1.57. The minimum Gasteiger partial charge on any atom is -0.493 e. The molecule has 0 aliphatic carbocycles. The zero-order valence-corrected chi connectivity index (χ0v) is 13.1. The van der Waals surface area contributed by atoms with E-state index in [4.69, 9.17) is 9.47 Å². The van der Waals surface area contributed by atoms with Crippen LogP contribution in [0, 0.1) is 0 Å². The highest BCUT2D eigenvalue weighted by Gasteiger charge is 2.14. The quantitative estimate of drug-likeness (QED) is 0.831. The van der Waals surface area contributed by atoms with Crippen LogP contribution in [0.4, 0.5) is 0 Å². The van der Waals surface area contributed by atoms with Gasteiger partial charge in [0, 0.05) is 6.54 Å². The van der Waals surface area contributed by atoms with Crippen molar-refractivity contribution in [2.24, 2.45) is 0 Å². The van der Waals surface area contributed by atoms with Gasteiger partial charge in [-0.05, 0) is 54.0 Å². The summed E-state index contributed by atoms with van der Waals surface area (Å²) in [7, 11) is 3.59. The zero-order valence-electron chi connectivity index (χ0n) is 11.5. The van der Waals surface area contributed by atoms with Gasteiger partial charge >= 0.3 is 0 Å².